The maximum Gasteiger partial charge on any atom is 0.153 e. The summed E-state index contributed by atoms with van der Waals surface area (Å²) in [6.07, 6.45) is 6.48. The van der Waals surface area contributed by atoms with E-state index in [9.17, 15) is 0 Å². The van der Waals surface area contributed by atoms with Crippen molar-refractivity contribution in [3.8, 4) is 5.69 Å². The first-order chi connectivity index (χ1) is 9.81. The van der Waals surface area contributed by atoms with Crippen LogP contribution in [0, 0.1) is 6.92 Å². The van der Waals surface area contributed by atoms with E-state index in [1.807, 2.05) is 19.1 Å². The highest BCUT2D eigenvalue weighted by Crippen LogP contribution is 2.14. The van der Waals surface area contributed by atoms with Crippen LogP contribution in [0.3, 0.4) is 0 Å². The Morgan fingerprint density at radius 3 is 2.75 bits per heavy atom. The molecule has 5 heteroatoms. The number of hydrogen-bond donors (Lipinski definition) is 1. The standard InChI is InChI=1S/C15H23N5/c1-3-4-5-6-7-11-16-14-9-8-10-15(12-14)20-13(2)17-18-19-20/h8-10,12,16H,3-7,11H2,1-2H3. The molecule has 1 heterocycles. The van der Waals surface area contributed by atoms with E-state index in [0.29, 0.717) is 0 Å². The van der Waals surface area contributed by atoms with E-state index in [1.54, 1.807) is 4.68 Å². The Balaban J connectivity index is 1.86. The van der Waals surface area contributed by atoms with E-state index in [4.69, 9.17) is 0 Å². The first-order valence-corrected chi connectivity index (χ1v) is 7.40. The van der Waals surface area contributed by atoms with Crippen molar-refractivity contribution in [3.63, 3.8) is 0 Å². The van der Waals surface area contributed by atoms with Gasteiger partial charge in [-0.3, -0.25) is 0 Å². The van der Waals surface area contributed by atoms with Crippen LogP contribution in [0.1, 0.15) is 44.9 Å². The summed E-state index contributed by atoms with van der Waals surface area (Å²) in [7, 11) is 0. The van der Waals surface area contributed by atoms with Crippen molar-refractivity contribution in [2.45, 2.75) is 46.0 Å². The van der Waals surface area contributed by atoms with Crippen LogP contribution in [0.2, 0.25) is 0 Å². The van der Waals surface area contributed by atoms with Crippen molar-refractivity contribution < 1.29 is 0 Å². The summed E-state index contributed by atoms with van der Waals surface area (Å²) < 4.78 is 1.74. The highest BCUT2D eigenvalue weighted by molar-refractivity contribution is 5.50. The van der Waals surface area contributed by atoms with Gasteiger partial charge in [-0.05, 0) is 42.0 Å². The van der Waals surface area contributed by atoms with E-state index in [-0.39, 0.29) is 0 Å². The van der Waals surface area contributed by atoms with Crippen molar-refractivity contribution in [1.82, 2.24) is 20.2 Å². The quantitative estimate of drug-likeness (QED) is 0.749. The number of aromatic nitrogens is 4. The number of hydrogen-bond acceptors (Lipinski definition) is 4. The molecular weight excluding hydrogens is 250 g/mol. The first-order valence-electron chi connectivity index (χ1n) is 7.40. The Bertz CT molecular complexity index is 520. The second-order valence-corrected chi connectivity index (χ2v) is 5.03. The topological polar surface area (TPSA) is 55.6 Å². The largest absolute Gasteiger partial charge is 0.385 e. The summed E-state index contributed by atoms with van der Waals surface area (Å²) in [5.74, 6) is 0.793. The lowest BCUT2D eigenvalue weighted by atomic mass is 10.1. The summed E-state index contributed by atoms with van der Waals surface area (Å²) in [5.41, 5.74) is 2.11. The van der Waals surface area contributed by atoms with Crippen LogP contribution in [0.5, 0.6) is 0 Å². The van der Waals surface area contributed by atoms with Crippen LogP contribution in [0.4, 0.5) is 5.69 Å². The SMILES string of the molecule is CCCCCCCNc1cccc(-n2nnnc2C)c1. The average molecular weight is 273 g/mol. The Morgan fingerprint density at radius 1 is 1.15 bits per heavy atom. The molecule has 1 N–H and O–H groups in total. The van der Waals surface area contributed by atoms with Crippen molar-refractivity contribution in [2.24, 2.45) is 0 Å². The Kier molecular flexibility index (Phi) is 5.53. The fourth-order valence-electron chi connectivity index (χ4n) is 2.18. The highest BCUT2D eigenvalue weighted by Gasteiger charge is 2.03. The summed E-state index contributed by atoms with van der Waals surface area (Å²) in [6.45, 7) is 5.15. The molecule has 2 rings (SSSR count). The molecule has 0 saturated heterocycles. The Morgan fingerprint density at radius 2 is 2.00 bits per heavy atom. The lowest BCUT2D eigenvalue weighted by molar-refractivity contribution is 0.645. The zero-order valence-corrected chi connectivity index (χ0v) is 12.3. The van der Waals surface area contributed by atoms with Crippen LogP contribution in [-0.2, 0) is 0 Å². The second kappa shape index (κ2) is 7.62. The van der Waals surface area contributed by atoms with Gasteiger partial charge in [-0.15, -0.1) is 5.10 Å². The predicted molar refractivity (Wildman–Crippen MR) is 81.1 cm³/mol. The molecule has 0 radical (unpaired) electrons. The molecule has 0 amide bonds. The van der Waals surface area contributed by atoms with Crippen molar-refractivity contribution in [2.75, 3.05) is 11.9 Å². The molecule has 0 aliphatic heterocycles. The van der Waals surface area contributed by atoms with Gasteiger partial charge in [0.25, 0.3) is 0 Å². The molecule has 0 saturated carbocycles. The Hall–Kier alpha value is -1.91. The molecule has 2 aromatic rings. The third kappa shape index (κ3) is 4.05. The maximum absolute atomic E-state index is 3.99. The number of benzene rings is 1. The van der Waals surface area contributed by atoms with Gasteiger partial charge in [0.1, 0.15) is 0 Å². The van der Waals surface area contributed by atoms with Gasteiger partial charge in [0.2, 0.25) is 0 Å². The van der Waals surface area contributed by atoms with Gasteiger partial charge < -0.3 is 5.32 Å². The van der Waals surface area contributed by atoms with E-state index >= 15 is 0 Å². The second-order valence-electron chi connectivity index (χ2n) is 5.03. The molecule has 108 valence electrons. The van der Waals surface area contributed by atoms with Gasteiger partial charge in [-0.25, -0.2) is 0 Å². The molecule has 0 unspecified atom stereocenters. The number of anilines is 1. The number of rotatable bonds is 8. The lowest BCUT2D eigenvalue weighted by Gasteiger charge is -2.08. The van der Waals surface area contributed by atoms with Gasteiger partial charge in [0.05, 0.1) is 5.69 Å². The summed E-state index contributed by atoms with van der Waals surface area (Å²) in [4.78, 5) is 0. The van der Waals surface area contributed by atoms with Crippen LogP contribution < -0.4 is 5.32 Å². The monoisotopic (exact) mass is 273 g/mol. The molecule has 20 heavy (non-hydrogen) atoms. The van der Waals surface area contributed by atoms with Gasteiger partial charge in [0, 0.05) is 12.2 Å². The molecule has 0 bridgehead atoms. The smallest absolute Gasteiger partial charge is 0.153 e. The van der Waals surface area contributed by atoms with Crippen LogP contribution >= 0.6 is 0 Å². The summed E-state index contributed by atoms with van der Waals surface area (Å²) >= 11 is 0. The van der Waals surface area contributed by atoms with Crippen molar-refractivity contribution in [3.05, 3.63) is 30.1 Å². The minimum absolute atomic E-state index is 0.793. The number of nitrogens with zero attached hydrogens (tertiary/aromatic N) is 4. The predicted octanol–water partition coefficient (Wildman–Crippen LogP) is 3.35. The number of aryl methyl sites for hydroxylation is 1. The van der Waals surface area contributed by atoms with E-state index < -0.39 is 0 Å². The van der Waals surface area contributed by atoms with Gasteiger partial charge in [-0.1, -0.05) is 38.7 Å². The van der Waals surface area contributed by atoms with Crippen LogP contribution in [0.25, 0.3) is 5.69 Å². The maximum atomic E-state index is 3.99. The van der Waals surface area contributed by atoms with E-state index in [1.165, 1.54) is 32.1 Å². The third-order valence-corrected chi connectivity index (χ3v) is 3.33. The first kappa shape index (κ1) is 14.5. The molecular formula is C15H23N5. The Labute approximate surface area is 120 Å². The lowest BCUT2D eigenvalue weighted by Crippen LogP contribution is -2.04. The van der Waals surface area contributed by atoms with Crippen LogP contribution in [-0.4, -0.2) is 26.8 Å². The zero-order chi connectivity index (χ0) is 14.2. The minimum Gasteiger partial charge on any atom is -0.385 e. The highest BCUT2D eigenvalue weighted by atomic mass is 15.5. The summed E-state index contributed by atoms with van der Waals surface area (Å²) in [5, 5.41) is 15.0. The van der Waals surface area contributed by atoms with E-state index in [0.717, 1.165) is 23.7 Å². The minimum atomic E-state index is 0.793. The fraction of sp³-hybridized carbons (Fsp3) is 0.533. The molecule has 1 aromatic carbocycles. The van der Waals surface area contributed by atoms with Crippen molar-refractivity contribution in [1.29, 1.82) is 0 Å². The third-order valence-electron chi connectivity index (χ3n) is 3.33. The zero-order valence-electron chi connectivity index (χ0n) is 12.3. The molecule has 1 aromatic heterocycles. The molecule has 0 fully saturated rings. The molecule has 0 aliphatic carbocycles. The summed E-state index contributed by atoms with van der Waals surface area (Å²) in [6, 6.07) is 8.19. The average Bonchev–Trinajstić information content (AvgIpc) is 2.89. The number of nitrogens with one attached hydrogen (secondary N) is 1. The van der Waals surface area contributed by atoms with Crippen LogP contribution in [0.15, 0.2) is 24.3 Å². The molecule has 0 spiro atoms. The normalized spacial score (nSPS) is 10.7. The van der Waals surface area contributed by atoms with E-state index in [2.05, 4.69) is 39.9 Å². The molecule has 0 aliphatic rings. The van der Waals surface area contributed by atoms with Gasteiger partial charge in [0.15, 0.2) is 5.82 Å². The number of tetrazole rings is 1. The van der Waals surface area contributed by atoms with Gasteiger partial charge >= 0.3 is 0 Å². The fourth-order valence-corrected chi connectivity index (χ4v) is 2.18. The van der Waals surface area contributed by atoms with Gasteiger partial charge in [-0.2, -0.15) is 4.68 Å². The number of unbranched alkanes of at least 4 members (excludes halogenated alkanes) is 4. The molecule has 5 nitrogen and oxygen atoms in total. The van der Waals surface area contributed by atoms with Crippen molar-refractivity contribution >= 4 is 5.69 Å². The molecule has 0 atom stereocenters.